The summed E-state index contributed by atoms with van der Waals surface area (Å²) in [6.45, 7) is 8.52. The average Bonchev–Trinajstić information content (AvgIpc) is 1.79. The number of carbonyl (C=O) groups excluding carboxylic acids is 4. The second kappa shape index (κ2) is 32.5. The van der Waals surface area contributed by atoms with Crippen LogP contribution in [0.2, 0.25) is 0 Å². The number of sulfonamides is 2. The van der Waals surface area contributed by atoms with Crippen LogP contribution in [0.4, 0.5) is 46.0 Å². The minimum atomic E-state index is -4.47. The fraction of sp³-hybridized carbons (Fsp3) is 0.400. The van der Waals surface area contributed by atoms with Crippen LogP contribution < -0.4 is 30.9 Å². The van der Waals surface area contributed by atoms with Gasteiger partial charge >= 0.3 is 6.18 Å². The Hall–Kier alpha value is -9.84. The summed E-state index contributed by atoms with van der Waals surface area (Å²) in [6, 6.07) is 36.9. The molecule has 26 nitrogen and oxygen atoms in total. The van der Waals surface area contributed by atoms with Gasteiger partial charge in [-0.3, -0.25) is 29.1 Å². The monoisotopic (exact) mass is 1540 g/mol. The van der Waals surface area contributed by atoms with E-state index in [2.05, 4.69) is 71.2 Å². The quantitative estimate of drug-likeness (QED) is 0.0734. The van der Waals surface area contributed by atoms with Gasteiger partial charge in [0.05, 0.1) is 71.7 Å². The number of piperidine rings is 3. The number of aromatic nitrogens is 3. The predicted molar refractivity (Wildman–Crippen MR) is 402 cm³/mol. The summed E-state index contributed by atoms with van der Waals surface area (Å²) in [5, 5.41) is 34.0. The van der Waals surface area contributed by atoms with Gasteiger partial charge in [0.15, 0.2) is 0 Å². The molecule has 0 aliphatic carbocycles. The van der Waals surface area contributed by atoms with Crippen LogP contribution >= 0.6 is 0 Å². The van der Waals surface area contributed by atoms with E-state index in [0.29, 0.717) is 101 Å². The van der Waals surface area contributed by atoms with Gasteiger partial charge in [0.1, 0.15) is 17.9 Å². The summed E-state index contributed by atoms with van der Waals surface area (Å²) in [7, 11) is -10.1. The summed E-state index contributed by atoms with van der Waals surface area (Å²) in [5.41, 5.74) is 9.52. The van der Waals surface area contributed by atoms with Crippen molar-refractivity contribution in [2.24, 2.45) is 17.0 Å². The third kappa shape index (κ3) is 17.6. The molecule has 3 aromatic heterocycles. The average molecular weight is 1540 g/mol. The van der Waals surface area contributed by atoms with Crippen LogP contribution in [0.1, 0.15) is 103 Å². The van der Waals surface area contributed by atoms with Gasteiger partial charge in [0.25, 0.3) is 10.2 Å². The molecular weight excluding hydrogens is 1460 g/mol. The zero-order valence-corrected chi connectivity index (χ0v) is 62.1. The highest BCUT2D eigenvalue weighted by atomic mass is 32.2. The molecule has 5 saturated heterocycles. The molecule has 570 valence electrons. The number of aromatic amines is 2. The normalized spacial score (nSPS) is 21.2. The SMILES string of the molecule is CC(=O)N1CCN(c2c[nH]c3ccccc23)CC1C#N.CS(=O)(=O)N1CCC(C2C(=O)Nc3ccc(C#N)cc32)CC1.CS(=O)(=O)N1CCC(C2C(=O)Nc3ccc(C(F)(F)F)cc32)CC1.Fc1ccc2c(C3CCN(c4cccnc4)CC3)c[nH]c2c1.NS(=O)(=O)N1CCN(C2C(=O)Nc3ccccc32)CC1. The van der Waals surface area contributed by atoms with Crippen LogP contribution in [-0.2, 0) is 55.6 Å². The maximum absolute atomic E-state index is 13.3. The number of rotatable bonds is 9. The number of nitrogens with zero attached hydrogens (tertiary/aromatic N) is 10. The fourth-order valence-electron chi connectivity index (χ4n) is 15.9. The number of nitriles is 2. The van der Waals surface area contributed by atoms with Gasteiger partial charge < -0.3 is 40.6 Å². The number of fused-ring (bicyclic) bond motifs is 5. The van der Waals surface area contributed by atoms with Crippen molar-refractivity contribution in [1.29, 1.82) is 10.5 Å². The first kappa shape index (κ1) is 77.8. The first-order chi connectivity index (χ1) is 51.4. The highest BCUT2D eigenvalue weighted by Gasteiger charge is 2.44. The number of hydrogen-bond donors (Lipinski definition) is 6. The van der Waals surface area contributed by atoms with Crippen molar-refractivity contribution < 1.29 is 62.0 Å². The molecule has 4 amide bonds. The van der Waals surface area contributed by atoms with Gasteiger partial charge in [-0.1, -0.05) is 36.4 Å². The smallest absolute Gasteiger partial charge is 0.370 e. The van der Waals surface area contributed by atoms with E-state index in [1.54, 1.807) is 41.4 Å². The highest BCUT2D eigenvalue weighted by molar-refractivity contribution is 7.88. The van der Waals surface area contributed by atoms with Crippen molar-refractivity contribution in [2.45, 2.75) is 81.5 Å². The lowest BCUT2D eigenvalue weighted by Crippen LogP contribution is -2.54. The zero-order chi connectivity index (χ0) is 77.0. The standard InChI is InChI=1S/C18H18FN3.C15H17F3N2O3S.C15H16N4O.C15H17N3O3S.C12H16N4O3S/c19-14-3-4-16-17(12-21-18(16)10-14)13-5-8-22(9-6-13)15-2-1-7-20-11-15;1-24(22,23)20-6-4-9(5-7-20)13-11-8-10(15(16,17)18)2-3-12(11)19-14(13)21;1-11(20)19-7-6-18(10-12(19)8-16)15-9-17-14-5-3-2-4-13(14)15;1-22(20,21)18-6-4-11(5-7-18)14-12-8-10(9-16)2-3-13(12)17-15(14)19;13-20(18,19)16-7-5-15(6-8-16)11-9-3-1-2-4-10(9)14-12(11)17/h1-4,7,10-13,21H,5-6,8-9H2;2-3,8-9,13H,4-7H2,1H3,(H,19,21);2-5,9,12,17H,6-7,10H2,1H3;2-3,8,11,14H,4-7H2,1H3,(H,17,19);1-4,11H,5-8H2,(H,14,17)(H2,13,18,19). The number of halogens is 4. The van der Waals surface area contributed by atoms with E-state index in [9.17, 15) is 67.3 Å². The van der Waals surface area contributed by atoms with E-state index in [-0.39, 0.29) is 72.4 Å². The summed E-state index contributed by atoms with van der Waals surface area (Å²) in [5.74, 6) is -1.13. The number of hydrogen-bond acceptors (Lipinski definition) is 16. The molecular formula is C75H84F4N16O10S3. The van der Waals surface area contributed by atoms with E-state index < -0.39 is 47.9 Å². The number of nitrogens with two attached hydrogens (primary N) is 1. The van der Waals surface area contributed by atoms with Crippen LogP contribution in [0, 0.1) is 40.3 Å². The van der Waals surface area contributed by atoms with E-state index in [1.807, 2.05) is 71.9 Å². The number of nitrogens with one attached hydrogen (secondary N) is 5. The summed E-state index contributed by atoms with van der Waals surface area (Å²) < 4.78 is 125. The summed E-state index contributed by atoms with van der Waals surface area (Å²) in [6.07, 6.45) is 10.0. The maximum Gasteiger partial charge on any atom is 0.416 e. The van der Waals surface area contributed by atoms with Gasteiger partial charge in [0, 0.05) is 148 Å². The van der Waals surface area contributed by atoms with Crippen LogP contribution in [0.25, 0.3) is 21.8 Å². The molecule has 0 radical (unpaired) electrons. The van der Waals surface area contributed by atoms with E-state index in [1.165, 1.54) is 43.4 Å². The van der Waals surface area contributed by atoms with Crippen LogP contribution in [0.15, 0.2) is 140 Å². The molecule has 0 saturated carbocycles. The number of piperazine rings is 2. The Bertz CT molecular complexity index is 5100. The lowest BCUT2D eigenvalue weighted by molar-refractivity contribution is -0.137. The molecule has 16 rings (SSSR count). The number of amides is 4. The third-order valence-electron chi connectivity index (χ3n) is 21.4. The minimum absolute atomic E-state index is 0.0323. The van der Waals surface area contributed by atoms with Crippen LogP contribution in [0.5, 0.6) is 0 Å². The van der Waals surface area contributed by atoms with Gasteiger partial charge in [-0.15, -0.1) is 0 Å². The number of benzene rings is 5. The number of anilines is 5. The molecule has 11 heterocycles. The Balaban J connectivity index is 0.000000126. The van der Waals surface area contributed by atoms with Gasteiger partial charge in [-0.05, 0) is 152 Å². The Morgan fingerprint density at radius 3 is 1.74 bits per heavy atom. The second-order valence-corrected chi connectivity index (χ2v) is 33.5. The Labute approximate surface area is 624 Å². The molecule has 5 fully saturated rings. The number of pyridine rings is 1. The Kier molecular flexibility index (Phi) is 23.4. The van der Waals surface area contributed by atoms with E-state index in [0.717, 1.165) is 101 Å². The number of carbonyl (C=O) groups is 4. The summed E-state index contributed by atoms with van der Waals surface area (Å²) in [4.78, 5) is 67.0. The molecule has 7 N–H and O–H groups in total. The van der Waals surface area contributed by atoms with Crippen molar-refractivity contribution in [3.05, 3.63) is 179 Å². The summed E-state index contributed by atoms with van der Waals surface area (Å²) >= 11 is 0. The van der Waals surface area contributed by atoms with E-state index >= 15 is 0 Å². The van der Waals surface area contributed by atoms with Crippen molar-refractivity contribution in [1.82, 2.24) is 37.7 Å². The predicted octanol–water partition coefficient (Wildman–Crippen LogP) is 8.99. The van der Waals surface area contributed by atoms with Gasteiger partial charge in [0.2, 0.25) is 43.7 Å². The lowest BCUT2D eigenvalue weighted by Gasteiger charge is -2.38. The minimum Gasteiger partial charge on any atom is -0.370 e. The van der Waals surface area contributed by atoms with Gasteiger partial charge in [-0.2, -0.15) is 36.4 Å². The third-order valence-corrected chi connectivity index (χ3v) is 25.1. The van der Waals surface area contributed by atoms with Gasteiger partial charge in [-0.25, -0.2) is 35.0 Å². The van der Waals surface area contributed by atoms with Crippen LogP contribution in [0.3, 0.4) is 0 Å². The van der Waals surface area contributed by atoms with E-state index in [4.69, 9.17) is 10.4 Å². The topological polar surface area (TPSA) is 348 Å². The van der Waals surface area contributed by atoms with Crippen molar-refractivity contribution in [2.75, 3.05) is 123 Å². The van der Waals surface area contributed by atoms with Crippen molar-refractivity contribution in [3.8, 4) is 12.1 Å². The molecule has 0 bridgehead atoms. The molecule has 108 heavy (non-hydrogen) atoms. The zero-order valence-electron chi connectivity index (χ0n) is 59.6. The molecule has 5 aromatic carbocycles. The largest absolute Gasteiger partial charge is 0.416 e. The Morgan fingerprint density at radius 1 is 0.574 bits per heavy atom. The maximum atomic E-state index is 13.3. The second-order valence-electron chi connectivity index (χ2n) is 28.0. The number of alkyl halides is 3. The molecule has 8 aromatic rings. The van der Waals surface area contributed by atoms with Crippen molar-refractivity contribution >= 4 is 104 Å². The van der Waals surface area contributed by atoms with Crippen molar-refractivity contribution in [3.63, 3.8) is 0 Å². The number of H-pyrrole nitrogens is 2. The van der Waals surface area contributed by atoms with Crippen LogP contribution in [-0.4, -0.2) is 190 Å². The lowest BCUT2D eigenvalue weighted by atomic mass is 9.81. The molecule has 4 atom stereocenters. The fourth-order valence-corrected chi connectivity index (χ4v) is 18.3. The first-order valence-corrected chi connectivity index (χ1v) is 40.7. The molecule has 33 heteroatoms. The number of para-hydroxylation sites is 2. The molecule has 8 aliphatic heterocycles. The molecule has 0 spiro atoms. The Morgan fingerprint density at radius 2 is 1.16 bits per heavy atom. The first-order valence-electron chi connectivity index (χ1n) is 35.5. The molecule has 8 aliphatic rings. The highest BCUT2D eigenvalue weighted by Crippen LogP contribution is 2.46. The molecule has 4 unspecified atom stereocenters.